The quantitative estimate of drug-likeness (QED) is 0.540. The fourth-order valence-corrected chi connectivity index (χ4v) is 3.55. The van der Waals surface area contributed by atoms with E-state index in [2.05, 4.69) is 10.2 Å². The van der Waals surface area contributed by atoms with Gasteiger partial charge in [0.15, 0.2) is 5.82 Å². The SMILES string of the molecule is CC(C)=O.Cc1nnc2n1-c1ccccc1C(c1ccccc1)=N[C@H]2CC(=O)OC(C)(C)C. The number of Topliss-reactive ketones (excluding diaryl/α,β-unsaturated/α-hetero) is 1. The van der Waals surface area contributed by atoms with E-state index in [1.807, 2.05) is 86.9 Å². The molecule has 0 unspecified atom stereocenters. The molecule has 2 heterocycles. The molecular formula is C26H30N4O3. The van der Waals surface area contributed by atoms with Crippen LogP contribution in [0.15, 0.2) is 59.6 Å². The van der Waals surface area contributed by atoms with Gasteiger partial charge in [-0.1, -0.05) is 48.5 Å². The molecule has 0 N–H and O–H groups in total. The minimum absolute atomic E-state index is 0.0969. The summed E-state index contributed by atoms with van der Waals surface area (Å²) in [6, 6.07) is 17.6. The molecule has 4 rings (SSSR count). The second-order valence-electron chi connectivity index (χ2n) is 9.02. The van der Waals surface area contributed by atoms with E-state index in [4.69, 9.17) is 9.73 Å². The van der Waals surface area contributed by atoms with Crippen LogP contribution in [0.3, 0.4) is 0 Å². The smallest absolute Gasteiger partial charge is 0.308 e. The molecule has 0 bridgehead atoms. The van der Waals surface area contributed by atoms with Crippen molar-refractivity contribution < 1.29 is 14.3 Å². The standard InChI is InChI=1S/C23H24N4O2.C3H6O/c1-15-25-26-22-18(14-20(28)29-23(2,3)4)24-21(16-10-6-5-7-11-16)17-12-8-9-13-19(17)27(15)22;1-3(2)4/h5-13,18H,14H2,1-4H3;1-2H3/t18-;/m0./s1. The number of esters is 1. The third-order valence-corrected chi connectivity index (χ3v) is 4.66. The molecule has 1 aromatic heterocycles. The molecule has 0 saturated heterocycles. The fraction of sp³-hybridized carbons (Fsp3) is 0.346. The van der Waals surface area contributed by atoms with Crippen LogP contribution in [0.25, 0.3) is 5.69 Å². The maximum atomic E-state index is 12.6. The first-order valence-electron chi connectivity index (χ1n) is 10.9. The number of aromatic nitrogens is 3. The van der Waals surface area contributed by atoms with Gasteiger partial charge in [0.25, 0.3) is 0 Å². The number of benzene rings is 2. The van der Waals surface area contributed by atoms with Crippen molar-refractivity contribution in [3.8, 4) is 5.69 Å². The van der Waals surface area contributed by atoms with Crippen molar-refractivity contribution in [1.29, 1.82) is 0 Å². The lowest BCUT2D eigenvalue weighted by Gasteiger charge is -2.20. The molecule has 172 valence electrons. The van der Waals surface area contributed by atoms with Gasteiger partial charge in [0, 0.05) is 11.1 Å². The van der Waals surface area contributed by atoms with Gasteiger partial charge in [0.2, 0.25) is 0 Å². The van der Waals surface area contributed by atoms with Gasteiger partial charge in [0.1, 0.15) is 23.3 Å². The number of aryl methyl sites for hydroxylation is 1. The first kappa shape index (κ1) is 24.0. The number of hydrogen-bond donors (Lipinski definition) is 0. The van der Waals surface area contributed by atoms with E-state index in [0.29, 0.717) is 5.82 Å². The number of ether oxygens (including phenoxy) is 1. The Labute approximate surface area is 194 Å². The summed E-state index contributed by atoms with van der Waals surface area (Å²) >= 11 is 0. The Morgan fingerprint density at radius 2 is 1.58 bits per heavy atom. The molecule has 2 aromatic carbocycles. The second-order valence-corrected chi connectivity index (χ2v) is 9.02. The van der Waals surface area contributed by atoms with Crippen molar-refractivity contribution in [2.24, 2.45) is 4.99 Å². The minimum Gasteiger partial charge on any atom is -0.460 e. The van der Waals surface area contributed by atoms with Crippen LogP contribution in [0.1, 0.15) is 69.9 Å². The van der Waals surface area contributed by atoms with E-state index >= 15 is 0 Å². The van der Waals surface area contributed by atoms with Crippen LogP contribution in [-0.4, -0.2) is 37.8 Å². The van der Waals surface area contributed by atoms with Gasteiger partial charge in [-0.15, -0.1) is 10.2 Å². The second kappa shape index (κ2) is 9.90. The molecule has 1 atom stereocenters. The van der Waals surface area contributed by atoms with Crippen molar-refractivity contribution >= 4 is 17.5 Å². The molecule has 1 aliphatic rings. The van der Waals surface area contributed by atoms with Crippen molar-refractivity contribution in [2.75, 3.05) is 0 Å². The summed E-state index contributed by atoms with van der Waals surface area (Å²) in [7, 11) is 0. The Balaban J connectivity index is 0.000000709. The average Bonchev–Trinajstić information content (AvgIpc) is 3.04. The van der Waals surface area contributed by atoms with Crippen molar-refractivity contribution in [3.63, 3.8) is 0 Å². The number of fused-ring (bicyclic) bond motifs is 3. The van der Waals surface area contributed by atoms with Crippen molar-refractivity contribution in [2.45, 2.75) is 59.6 Å². The first-order chi connectivity index (χ1) is 15.6. The summed E-state index contributed by atoms with van der Waals surface area (Å²) in [6.07, 6.45) is 0.0969. The summed E-state index contributed by atoms with van der Waals surface area (Å²) in [5.74, 6) is 1.26. The maximum Gasteiger partial charge on any atom is 0.308 e. The Kier molecular flexibility index (Phi) is 7.21. The Hall–Kier alpha value is -3.61. The van der Waals surface area contributed by atoms with Crippen LogP contribution < -0.4 is 0 Å². The summed E-state index contributed by atoms with van der Waals surface area (Å²) in [4.78, 5) is 27.1. The highest BCUT2D eigenvalue weighted by molar-refractivity contribution is 6.15. The maximum absolute atomic E-state index is 12.6. The molecule has 0 aliphatic carbocycles. The third kappa shape index (κ3) is 6.00. The number of nitrogens with zero attached hydrogens (tertiary/aromatic N) is 4. The lowest BCUT2D eigenvalue weighted by molar-refractivity contribution is -0.155. The molecule has 7 heteroatoms. The number of ketones is 1. The van der Waals surface area contributed by atoms with Crippen molar-refractivity contribution in [1.82, 2.24) is 14.8 Å². The van der Waals surface area contributed by atoms with Gasteiger partial charge in [-0.2, -0.15) is 0 Å². The van der Waals surface area contributed by atoms with Crippen LogP contribution >= 0.6 is 0 Å². The number of carbonyl (C=O) groups is 2. The fourth-order valence-electron chi connectivity index (χ4n) is 3.55. The minimum atomic E-state index is -0.555. The van der Waals surface area contributed by atoms with E-state index in [1.165, 1.54) is 13.8 Å². The van der Waals surface area contributed by atoms with Gasteiger partial charge in [-0.05, 0) is 47.6 Å². The van der Waals surface area contributed by atoms with Gasteiger partial charge < -0.3 is 9.53 Å². The van der Waals surface area contributed by atoms with Gasteiger partial charge in [-0.25, -0.2) is 0 Å². The number of para-hydroxylation sites is 1. The zero-order chi connectivity index (χ0) is 24.2. The normalized spacial score (nSPS) is 14.6. The molecule has 3 aromatic rings. The van der Waals surface area contributed by atoms with E-state index in [1.54, 1.807) is 0 Å². The monoisotopic (exact) mass is 446 g/mol. The van der Waals surface area contributed by atoms with Crippen LogP contribution in [-0.2, 0) is 14.3 Å². The van der Waals surface area contributed by atoms with Gasteiger partial charge in [-0.3, -0.25) is 14.4 Å². The lowest BCUT2D eigenvalue weighted by Crippen LogP contribution is -2.25. The summed E-state index contributed by atoms with van der Waals surface area (Å²) in [6.45, 7) is 10.5. The summed E-state index contributed by atoms with van der Waals surface area (Å²) in [5, 5.41) is 8.63. The van der Waals surface area contributed by atoms with E-state index in [0.717, 1.165) is 28.4 Å². The highest BCUT2D eigenvalue weighted by atomic mass is 16.6. The van der Waals surface area contributed by atoms with Crippen LogP contribution in [0.2, 0.25) is 0 Å². The third-order valence-electron chi connectivity index (χ3n) is 4.66. The number of carbonyl (C=O) groups excluding carboxylic acids is 2. The molecule has 0 saturated carbocycles. The zero-order valence-electron chi connectivity index (χ0n) is 20.0. The molecule has 0 radical (unpaired) electrons. The van der Waals surface area contributed by atoms with E-state index in [-0.39, 0.29) is 18.2 Å². The molecule has 0 spiro atoms. The summed E-state index contributed by atoms with van der Waals surface area (Å²) in [5.41, 5.74) is 3.21. The predicted molar refractivity (Wildman–Crippen MR) is 128 cm³/mol. The molecular weight excluding hydrogens is 416 g/mol. The number of rotatable bonds is 3. The van der Waals surface area contributed by atoms with Crippen LogP contribution in [0, 0.1) is 6.92 Å². The summed E-state index contributed by atoms with van der Waals surface area (Å²) < 4.78 is 7.55. The Bertz CT molecular complexity index is 1170. The largest absolute Gasteiger partial charge is 0.460 e. The molecule has 0 fully saturated rings. The lowest BCUT2D eigenvalue weighted by atomic mass is 10.0. The molecule has 0 amide bonds. The zero-order valence-corrected chi connectivity index (χ0v) is 20.0. The van der Waals surface area contributed by atoms with Gasteiger partial charge in [0.05, 0.1) is 17.8 Å². The van der Waals surface area contributed by atoms with Gasteiger partial charge >= 0.3 is 5.97 Å². The highest BCUT2D eigenvalue weighted by Gasteiger charge is 2.30. The van der Waals surface area contributed by atoms with E-state index in [9.17, 15) is 9.59 Å². The van der Waals surface area contributed by atoms with Crippen LogP contribution in [0.4, 0.5) is 0 Å². The molecule has 1 aliphatic heterocycles. The number of hydrogen-bond acceptors (Lipinski definition) is 6. The van der Waals surface area contributed by atoms with Crippen molar-refractivity contribution in [3.05, 3.63) is 77.4 Å². The average molecular weight is 447 g/mol. The number of aliphatic imine (C=N–C) groups is 1. The molecule has 7 nitrogen and oxygen atoms in total. The van der Waals surface area contributed by atoms with Crippen LogP contribution in [0.5, 0.6) is 0 Å². The topological polar surface area (TPSA) is 86.4 Å². The highest BCUT2D eigenvalue weighted by Crippen LogP contribution is 2.32. The van der Waals surface area contributed by atoms with E-state index < -0.39 is 11.6 Å². The Morgan fingerprint density at radius 1 is 0.970 bits per heavy atom. The Morgan fingerprint density at radius 3 is 2.21 bits per heavy atom. The predicted octanol–water partition coefficient (Wildman–Crippen LogP) is 4.79. The first-order valence-corrected chi connectivity index (χ1v) is 10.9. The molecule has 33 heavy (non-hydrogen) atoms.